The Kier molecular flexibility index (Phi) is 10.5. The second-order valence-corrected chi connectivity index (χ2v) is 13.4. The molecule has 2 amide bonds. The number of alkyl halides is 6. The first-order chi connectivity index (χ1) is 23.4. The highest BCUT2D eigenvalue weighted by molar-refractivity contribution is 6.01. The number of halogens is 6. The number of carbonyl (C=O) groups is 3. The molecule has 1 unspecified atom stereocenters. The molecule has 0 radical (unpaired) electrons. The van der Waals surface area contributed by atoms with Gasteiger partial charge in [0.25, 0.3) is 5.91 Å². The van der Waals surface area contributed by atoms with E-state index in [0.29, 0.717) is 43.6 Å². The molecule has 2 aliphatic rings. The Hall–Kier alpha value is -4.23. The summed E-state index contributed by atoms with van der Waals surface area (Å²) in [6.45, 7) is 5.94. The van der Waals surface area contributed by atoms with Crippen LogP contribution < -0.4 is 10.6 Å². The van der Waals surface area contributed by atoms with Crippen molar-refractivity contribution in [2.45, 2.75) is 63.5 Å². The largest absolute Gasteiger partial charge is 0.416 e. The fraction of sp³-hybridized carbons (Fsp3) is 0.432. The number of aryl methyl sites for hydroxylation is 2. The molecule has 0 spiro atoms. The molecule has 0 aromatic heterocycles. The second-order valence-electron chi connectivity index (χ2n) is 13.4. The van der Waals surface area contributed by atoms with Gasteiger partial charge < -0.3 is 15.5 Å². The maximum absolute atomic E-state index is 14.6. The second kappa shape index (κ2) is 14.2. The number of piperazine rings is 1. The lowest BCUT2D eigenvalue weighted by atomic mass is 9.79. The minimum absolute atomic E-state index is 0.00946. The van der Waals surface area contributed by atoms with E-state index in [0.717, 1.165) is 21.6 Å². The fourth-order valence-corrected chi connectivity index (χ4v) is 7.11. The van der Waals surface area contributed by atoms with Gasteiger partial charge in [0, 0.05) is 51.6 Å². The number of nitrogens with one attached hydrogen (secondary N) is 2. The van der Waals surface area contributed by atoms with Crippen molar-refractivity contribution in [2.75, 3.05) is 39.3 Å². The van der Waals surface area contributed by atoms with Gasteiger partial charge in [0.05, 0.1) is 23.2 Å². The number of rotatable bonds is 8. The molecule has 2 aliphatic heterocycles. The lowest BCUT2D eigenvalue weighted by Gasteiger charge is -2.48. The van der Waals surface area contributed by atoms with E-state index < -0.39 is 51.8 Å². The van der Waals surface area contributed by atoms with Crippen LogP contribution in [0.4, 0.5) is 26.3 Å². The quantitative estimate of drug-likeness (QED) is 0.279. The third kappa shape index (κ3) is 7.88. The highest BCUT2D eigenvalue weighted by Crippen LogP contribution is 2.38. The third-order valence-electron chi connectivity index (χ3n) is 9.93. The van der Waals surface area contributed by atoms with Crippen molar-refractivity contribution >= 4 is 17.6 Å². The summed E-state index contributed by atoms with van der Waals surface area (Å²) in [7, 11) is 0. The van der Waals surface area contributed by atoms with E-state index in [1.165, 1.54) is 6.92 Å². The van der Waals surface area contributed by atoms with E-state index in [2.05, 4.69) is 10.6 Å². The summed E-state index contributed by atoms with van der Waals surface area (Å²) in [6.07, 6.45) is -9.33. The highest BCUT2D eigenvalue weighted by atomic mass is 19.4. The molecule has 5 rings (SSSR count). The molecule has 50 heavy (non-hydrogen) atoms. The smallest absolute Gasteiger partial charge is 0.347 e. The molecule has 2 N–H and O–H groups in total. The zero-order valence-corrected chi connectivity index (χ0v) is 28.1. The van der Waals surface area contributed by atoms with Gasteiger partial charge in [0.1, 0.15) is 5.54 Å². The number of carbonyl (C=O) groups excluding carboxylic acids is 3. The zero-order chi connectivity index (χ0) is 36.5. The summed E-state index contributed by atoms with van der Waals surface area (Å²) in [5.41, 5.74) is -2.76. The zero-order valence-electron chi connectivity index (χ0n) is 28.1. The minimum atomic E-state index is -5.15. The fourth-order valence-electron chi connectivity index (χ4n) is 7.11. The number of hydrogen-bond acceptors (Lipinski definition) is 5. The molecule has 3 aromatic carbocycles. The predicted octanol–water partition coefficient (Wildman–Crippen LogP) is 6.06. The van der Waals surface area contributed by atoms with Gasteiger partial charge >= 0.3 is 12.4 Å². The van der Waals surface area contributed by atoms with Gasteiger partial charge in [0.15, 0.2) is 5.78 Å². The van der Waals surface area contributed by atoms with Crippen LogP contribution in [0.15, 0.2) is 66.7 Å². The molecule has 0 aliphatic carbocycles. The van der Waals surface area contributed by atoms with E-state index in [1.807, 2.05) is 67.3 Å². The molecular weight excluding hydrogens is 662 g/mol. The molecule has 268 valence electrons. The molecule has 1 atom stereocenters. The first-order valence-corrected chi connectivity index (χ1v) is 16.4. The molecule has 2 heterocycles. The summed E-state index contributed by atoms with van der Waals surface area (Å²) < 4.78 is 82.7. The van der Waals surface area contributed by atoms with Gasteiger partial charge in [-0.3, -0.25) is 19.3 Å². The number of hydrogen-bond donors (Lipinski definition) is 2. The Morgan fingerprint density at radius 1 is 0.820 bits per heavy atom. The molecule has 7 nitrogen and oxygen atoms in total. The molecule has 0 bridgehead atoms. The van der Waals surface area contributed by atoms with Gasteiger partial charge in [-0.2, -0.15) is 26.3 Å². The van der Waals surface area contributed by atoms with Crippen LogP contribution in [0.5, 0.6) is 0 Å². The van der Waals surface area contributed by atoms with Gasteiger partial charge in [0.2, 0.25) is 5.91 Å². The Bertz CT molecular complexity index is 1700. The van der Waals surface area contributed by atoms with Crippen molar-refractivity contribution in [1.82, 2.24) is 20.4 Å². The average Bonchev–Trinajstić information content (AvgIpc) is 3.06. The number of ketones is 1. The molecule has 2 saturated heterocycles. The predicted molar refractivity (Wildman–Crippen MR) is 175 cm³/mol. The number of Topliss-reactive ketones (excluding diaryl/α,β-unsaturated/α-hetero) is 1. The summed E-state index contributed by atoms with van der Waals surface area (Å²) in [4.78, 5) is 44.1. The van der Waals surface area contributed by atoms with E-state index in [-0.39, 0.29) is 44.6 Å². The normalized spacial score (nSPS) is 20.0. The highest BCUT2D eigenvalue weighted by Gasteiger charge is 2.49. The van der Waals surface area contributed by atoms with Crippen LogP contribution in [-0.2, 0) is 33.9 Å². The first kappa shape index (κ1) is 37.0. The van der Waals surface area contributed by atoms with E-state index >= 15 is 0 Å². The maximum Gasteiger partial charge on any atom is 0.416 e. The Morgan fingerprint density at radius 3 is 2.00 bits per heavy atom. The molecule has 3 aromatic rings. The van der Waals surface area contributed by atoms with Crippen molar-refractivity contribution in [2.24, 2.45) is 0 Å². The average molecular weight is 703 g/mol. The maximum atomic E-state index is 14.6. The number of nitrogens with zero attached hydrogens (tertiary/aromatic N) is 2. The standard InChI is InChI=1S/C37H40F6N4O3/c1-24-9-10-27(17-25(24)2)21-35(32(49)22-46-14-11-34(12-15-46,45-26(3)48)29-7-5-4-6-8-29)23-44-13-16-47(35)33(50)28-18-30(36(38,39)40)20-31(19-28)37(41,42)43/h4-10,17-20,44H,11-16,21-23H2,1-3H3,(H,45,48). The van der Waals surface area contributed by atoms with Crippen LogP contribution in [-0.4, -0.2) is 72.2 Å². The van der Waals surface area contributed by atoms with Crippen LogP contribution in [0.1, 0.15) is 63.5 Å². The van der Waals surface area contributed by atoms with Crippen molar-refractivity contribution in [3.63, 3.8) is 0 Å². The van der Waals surface area contributed by atoms with Crippen molar-refractivity contribution < 1.29 is 40.7 Å². The summed E-state index contributed by atoms with van der Waals surface area (Å²) in [6, 6.07) is 15.9. The van der Waals surface area contributed by atoms with Gasteiger partial charge in [-0.1, -0.05) is 48.5 Å². The SMILES string of the molecule is CC(=O)NC1(c2ccccc2)CCN(CC(=O)C2(Cc3ccc(C)c(C)c3)CNCCN2C(=O)c2cc(C(F)(F)F)cc(C(F)(F)F)c2)CC1. The van der Waals surface area contributed by atoms with E-state index in [1.54, 1.807) is 0 Å². The number of piperidine rings is 1. The monoisotopic (exact) mass is 702 g/mol. The topological polar surface area (TPSA) is 81.8 Å². The number of likely N-dealkylation sites (tertiary alicyclic amines) is 1. The first-order valence-electron chi connectivity index (χ1n) is 16.4. The Morgan fingerprint density at radius 2 is 1.44 bits per heavy atom. The van der Waals surface area contributed by atoms with Crippen molar-refractivity contribution in [3.8, 4) is 0 Å². The Labute approximate surface area is 287 Å². The van der Waals surface area contributed by atoms with Crippen LogP contribution in [0, 0.1) is 13.8 Å². The van der Waals surface area contributed by atoms with Gasteiger partial charge in [-0.05, 0) is 67.1 Å². The molecule has 13 heteroatoms. The minimum Gasteiger partial charge on any atom is -0.347 e. The van der Waals surface area contributed by atoms with E-state index in [9.17, 15) is 40.7 Å². The summed E-state index contributed by atoms with van der Waals surface area (Å²) in [5, 5.41) is 6.26. The van der Waals surface area contributed by atoms with Crippen LogP contribution >= 0.6 is 0 Å². The third-order valence-corrected chi connectivity index (χ3v) is 9.93. The summed E-state index contributed by atoms with van der Waals surface area (Å²) >= 11 is 0. The van der Waals surface area contributed by atoms with Crippen LogP contribution in [0.2, 0.25) is 0 Å². The van der Waals surface area contributed by atoms with Crippen LogP contribution in [0.3, 0.4) is 0 Å². The molecular formula is C37H40F6N4O3. The Balaban J connectivity index is 1.51. The lowest BCUT2D eigenvalue weighted by molar-refractivity contribution is -0.143. The summed E-state index contributed by atoms with van der Waals surface area (Å²) in [5.74, 6) is -1.69. The number of benzene rings is 3. The molecule has 0 saturated carbocycles. The lowest BCUT2D eigenvalue weighted by Crippen LogP contribution is -2.69. The number of amides is 2. The van der Waals surface area contributed by atoms with Crippen molar-refractivity contribution in [1.29, 1.82) is 0 Å². The van der Waals surface area contributed by atoms with Gasteiger partial charge in [-0.25, -0.2) is 0 Å². The van der Waals surface area contributed by atoms with Crippen molar-refractivity contribution in [3.05, 3.63) is 106 Å². The van der Waals surface area contributed by atoms with Crippen LogP contribution in [0.25, 0.3) is 0 Å². The molecule has 2 fully saturated rings. The van der Waals surface area contributed by atoms with E-state index in [4.69, 9.17) is 0 Å². The van der Waals surface area contributed by atoms with Gasteiger partial charge in [-0.15, -0.1) is 0 Å².